The molecule has 1 aliphatic rings. The van der Waals surface area contributed by atoms with E-state index in [1.807, 2.05) is 0 Å². The van der Waals surface area contributed by atoms with Crippen molar-refractivity contribution in [2.75, 3.05) is 6.61 Å². The Labute approximate surface area is 83.8 Å². The predicted octanol–water partition coefficient (Wildman–Crippen LogP) is 2.44. The molecule has 1 nitrogen and oxygen atoms in total. The summed E-state index contributed by atoms with van der Waals surface area (Å²) in [6.45, 7) is 3.17. The number of hydrogen-bond acceptors (Lipinski definition) is 1. The van der Waals surface area contributed by atoms with E-state index >= 15 is 0 Å². The van der Waals surface area contributed by atoms with E-state index in [9.17, 15) is 0 Å². The van der Waals surface area contributed by atoms with E-state index in [4.69, 9.17) is 4.43 Å². The Morgan fingerprint density at radius 2 is 2.00 bits per heavy atom. The molecular formula is C11H20OSi. The van der Waals surface area contributed by atoms with Gasteiger partial charge in [0.05, 0.1) is 0 Å². The van der Waals surface area contributed by atoms with Crippen molar-refractivity contribution in [3.05, 3.63) is 24.3 Å². The SMILES string of the molecule is CCCCC[SiH2]OCC1C=CC=C1. The maximum absolute atomic E-state index is 5.70. The van der Waals surface area contributed by atoms with Gasteiger partial charge < -0.3 is 4.43 Å². The molecule has 1 aliphatic carbocycles. The number of unbranched alkanes of at least 4 members (excludes halogenated alkanes) is 2. The van der Waals surface area contributed by atoms with E-state index in [1.165, 1.54) is 25.3 Å². The first-order valence-electron chi connectivity index (χ1n) is 5.36. The van der Waals surface area contributed by atoms with E-state index in [0.717, 1.165) is 6.61 Å². The lowest BCUT2D eigenvalue weighted by Crippen LogP contribution is -2.06. The second-order valence-corrected chi connectivity index (χ2v) is 5.09. The van der Waals surface area contributed by atoms with Crippen molar-refractivity contribution < 1.29 is 4.43 Å². The molecule has 0 atom stereocenters. The van der Waals surface area contributed by atoms with Crippen molar-refractivity contribution in [2.45, 2.75) is 32.2 Å². The first kappa shape index (κ1) is 10.7. The van der Waals surface area contributed by atoms with Gasteiger partial charge in [0.1, 0.15) is 0 Å². The van der Waals surface area contributed by atoms with Crippen LogP contribution in [0.15, 0.2) is 24.3 Å². The Balaban J connectivity index is 1.84. The topological polar surface area (TPSA) is 9.23 Å². The van der Waals surface area contributed by atoms with Crippen LogP contribution in [-0.2, 0) is 4.43 Å². The molecule has 74 valence electrons. The minimum atomic E-state index is -0.210. The van der Waals surface area contributed by atoms with Gasteiger partial charge in [-0.25, -0.2) is 0 Å². The zero-order chi connectivity index (χ0) is 9.36. The van der Waals surface area contributed by atoms with Gasteiger partial charge in [0.25, 0.3) is 0 Å². The van der Waals surface area contributed by atoms with Gasteiger partial charge in [-0.1, -0.05) is 50.5 Å². The molecule has 1 rings (SSSR count). The normalized spacial score (nSPS) is 16.7. The second kappa shape index (κ2) is 7.10. The molecule has 0 aromatic carbocycles. The lowest BCUT2D eigenvalue weighted by Gasteiger charge is -2.06. The van der Waals surface area contributed by atoms with E-state index < -0.39 is 0 Å². The third-order valence-corrected chi connectivity index (χ3v) is 3.59. The summed E-state index contributed by atoms with van der Waals surface area (Å²) in [5.74, 6) is 0.568. The van der Waals surface area contributed by atoms with Crippen LogP contribution in [0.2, 0.25) is 6.04 Å². The van der Waals surface area contributed by atoms with Crippen molar-refractivity contribution in [2.24, 2.45) is 5.92 Å². The van der Waals surface area contributed by atoms with Gasteiger partial charge in [-0.05, 0) is 6.04 Å². The van der Waals surface area contributed by atoms with Crippen LogP contribution in [0.5, 0.6) is 0 Å². The van der Waals surface area contributed by atoms with Crippen molar-refractivity contribution in [3.63, 3.8) is 0 Å². The van der Waals surface area contributed by atoms with Crippen LogP contribution < -0.4 is 0 Å². The average molecular weight is 196 g/mol. The summed E-state index contributed by atoms with van der Waals surface area (Å²) in [5, 5.41) is 0. The Morgan fingerprint density at radius 1 is 1.23 bits per heavy atom. The minimum Gasteiger partial charge on any atom is -0.423 e. The van der Waals surface area contributed by atoms with Crippen molar-refractivity contribution in [1.29, 1.82) is 0 Å². The van der Waals surface area contributed by atoms with Crippen LogP contribution in [-0.4, -0.2) is 16.4 Å². The molecule has 0 spiro atoms. The number of hydrogen-bond donors (Lipinski definition) is 0. The molecule has 0 bridgehead atoms. The van der Waals surface area contributed by atoms with Crippen molar-refractivity contribution in [1.82, 2.24) is 0 Å². The highest BCUT2D eigenvalue weighted by Gasteiger charge is 2.02. The lowest BCUT2D eigenvalue weighted by molar-refractivity contribution is 0.313. The van der Waals surface area contributed by atoms with Crippen LogP contribution in [0, 0.1) is 5.92 Å². The standard InChI is InChI=1S/C11H20OSi/c1-2-3-6-9-13-12-10-11-7-4-5-8-11/h4-5,7-8,11H,2-3,6,9-10,13H2,1H3. The fourth-order valence-electron chi connectivity index (χ4n) is 1.44. The van der Waals surface area contributed by atoms with E-state index in [0.29, 0.717) is 5.92 Å². The molecule has 0 aromatic heterocycles. The summed E-state index contributed by atoms with van der Waals surface area (Å²) in [6, 6.07) is 1.36. The highest BCUT2D eigenvalue weighted by atomic mass is 28.2. The fourth-order valence-corrected chi connectivity index (χ4v) is 2.64. The van der Waals surface area contributed by atoms with Gasteiger partial charge in [0, 0.05) is 12.5 Å². The summed E-state index contributed by atoms with van der Waals surface area (Å²) in [6.07, 6.45) is 12.7. The van der Waals surface area contributed by atoms with Gasteiger partial charge >= 0.3 is 0 Å². The number of rotatable bonds is 7. The third-order valence-electron chi connectivity index (χ3n) is 2.28. The highest BCUT2D eigenvalue weighted by Crippen LogP contribution is 2.08. The Bertz CT molecular complexity index is 163. The molecule has 0 aliphatic heterocycles. The molecule has 2 heteroatoms. The van der Waals surface area contributed by atoms with E-state index in [2.05, 4.69) is 31.2 Å². The average Bonchev–Trinajstić information content (AvgIpc) is 2.63. The van der Waals surface area contributed by atoms with Crippen LogP contribution in [0.3, 0.4) is 0 Å². The zero-order valence-corrected chi connectivity index (χ0v) is 9.95. The minimum absolute atomic E-state index is 0.210. The van der Waals surface area contributed by atoms with Gasteiger partial charge in [-0.3, -0.25) is 0 Å². The van der Waals surface area contributed by atoms with Crippen LogP contribution in [0.25, 0.3) is 0 Å². The molecule has 0 heterocycles. The maximum atomic E-state index is 5.70. The smallest absolute Gasteiger partial charge is 0.161 e. The molecule has 0 radical (unpaired) electrons. The third kappa shape index (κ3) is 5.06. The fraction of sp³-hybridized carbons (Fsp3) is 0.636. The molecule has 0 saturated heterocycles. The van der Waals surface area contributed by atoms with Gasteiger partial charge in [-0.2, -0.15) is 0 Å². The number of allylic oxidation sites excluding steroid dienone is 2. The Hall–Kier alpha value is -0.343. The predicted molar refractivity (Wildman–Crippen MR) is 60.6 cm³/mol. The summed E-state index contributed by atoms with van der Waals surface area (Å²) in [7, 11) is -0.210. The Kier molecular flexibility index (Phi) is 5.86. The van der Waals surface area contributed by atoms with Crippen LogP contribution in [0.4, 0.5) is 0 Å². The molecule has 0 amide bonds. The molecule has 0 saturated carbocycles. The quantitative estimate of drug-likeness (QED) is 0.449. The summed E-state index contributed by atoms with van der Waals surface area (Å²) >= 11 is 0. The molecule has 0 aromatic rings. The molecule has 0 fully saturated rings. The van der Waals surface area contributed by atoms with Crippen LogP contribution >= 0.6 is 0 Å². The zero-order valence-electron chi connectivity index (χ0n) is 8.54. The summed E-state index contributed by atoms with van der Waals surface area (Å²) in [5.41, 5.74) is 0. The van der Waals surface area contributed by atoms with Gasteiger partial charge in [0.15, 0.2) is 9.76 Å². The molecule has 0 unspecified atom stereocenters. The largest absolute Gasteiger partial charge is 0.423 e. The Morgan fingerprint density at radius 3 is 2.69 bits per heavy atom. The van der Waals surface area contributed by atoms with Crippen LogP contribution in [0.1, 0.15) is 26.2 Å². The van der Waals surface area contributed by atoms with Gasteiger partial charge in [0.2, 0.25) is 0 Å². The van der Waals surface area contributed by atoms with Gasteiger partial charge in [-0.15, -0.1) is 0 Å². The lowest BCUT2D eigenvalue weighted by atomic mass is 10.2. The highest BCUT2D eigenvalue weighted by molar-refractivity contribution is 6.26. The molecule has 13 heavy (non-hydrogen) atoms. The van der Waals surface area contributed by atoms with Crippen molar-refractivity contribution >= 4 is 9.76 Å². The maximum Gasteiger partial charge on any atom is 0.161 e. The summed E-state index contributed by atoms with van der Waals surface area (Å²) < 4.78 is 5.70. The van der Waals surface area contributed by atoms with E-state index in [1.54, 1.807) is 0 Å². The molecule has 0 N–H and O–H groups in total. The van der Waals surface area contributed by atoms with Crippen molar-refractivity contribution in [3.8, 4) is 0 Å². The first-order valence-corrected chi connectivity index (χ1v) is 6.94. The second-order valence-electron chi connectivity index (χ2n) is 3.57. The summed E-state index contributed by atoms with van der Waals surface area (Å²) in [4.78, 5) is 0. The molecular weight excluding hydrogens is 176 g/mol. The van der Waals surface area contributed by atoms with E-state index in [-0.39, 0.29) is 9.76 Å². The monoisotopic (exact) mass is 196 g/mol. The first-order chi connectivity index (χ1) is 6.43.